The molecule has 0 amide bonds. The highest BCUT2D eigenvalue weighted by Crippen LogP contribution is 2.12. The Morgan fingerprint density at radius 3 is 0.800 bits per heavy atom. The summed E-state index contributed by atoms with van der Waals surface area (Å²) in [6.45, 7) is 7.05. The Hall–Kier alpha value is -0.270. The van der Waals surface area contributed by atoms with Crippen LogP contribution in [0.5, 0.6) is 0 Å². The third-order valence-corrected chi connectivity index (χ3v) is 8.23. The van der Waals surface area contributed by atoms with Crippen LogP contribution in [0, 0.1) is 0 Å². The number of hydrogen-bond acceptors (Lipinski definition) is 1. The normalized spacial score (nSPS) is 11.7. The summed E-state index contributed by atoms with van der Waals surface area (Å²) < 4.78 is 0. The summed E-state index contributed by atoms with van der Waals surface area (Å²) in [4.78, 5) is 0. The van der Waals surface area contributed by atoms with Crippen LogP contribution >= 0.6 is 12.4 Å². The second-order valence-electron chi connectivity index (χ2n) is 12.3. The van der Waals surface area contributed by atoms with Crippen LogP contribution in [0.4, 0.5) is 0 Å². The molecule has 0 saturated carbocycles. The molecule has 0 aliphatic rings. The summed E-state index contributed by atoms with van der Waals surface area (Å²) in [5.74, 6) is 0. The van der Waals surface area contributed by atoms with Gasteiger partial charge in [-0.05, 0) is 77.3 Å². The molecular formula is C38H76ClN. The molecule has 1 nitrogen and oxygen atoms in total. The minimum absolute atomic E-state index is 0. The largest absolute Gasteiger partial charge is 0.317 e. The van der Waals surface area contributed by atoms with Crippen molar-refractivity contribution in [2.75, 3.05) is 13.1 Å². The van der Waals surface area contributed by atoms with E-state index < -0.39 is 0 Å². The van der Waals surface area contributed by atoms with Crippen LogP contribution in [0.25, 0.3) is 0 Å². The molecule has 0 atom stereocenters. The van der Waals surface area contributed by atoms with Gasteiger partial charge in [0.15, 0.2) is 0 Å². The number of rotatable bonds is 34. The molecule has 0 bridgehead atoms. The molecule has 1 N–H and O–H groups in total. The molecule has 0 saturated heterocycles. The molecule has 0 radical (unpaired) electrons. The van der Waals surface area contributed by atoms with Crippen molar-refractivity contribution in [3.63, 3.8) is 0 Å². The van der Waals surface area contributed by atoms with E-state index in [0.29, 0.717) is 0 Å². The molecular weight excluding hydrogens is 506 g/mol. The monoisotopic (exact) mass is 582 g/mol. The van der Waals surface area contributed by atoms with Crippen LogP contribution in [0.1, 0.15) is 206 Å². The summed E-state index contributed by atoms with van der Waals surface area (Å²) in [7, 11) is 0. The maximum atomic E-state index is 3.67. The summed E-state index contributed by atoms with van der Waals surface area (Å²) in [6, 6.07) is 0. The van der Waals surface area contributed by atoms with Gasteiger partial charge in [-0.1, -0.05) is 167 Å². The topological polar surface area (TPSA) is 12.0 Å². The van der Waals surface area contributed by atoms with Gasteiger partial charge in [-0.25, -0.2) is 0 Å². The molecule has 0 heterocycles. The first-order valence-electron chi connectivity index (χ1n) is 18.4. The smallest absolute Gasteiger partial charge is 0.00489 e. The van der Waals surface area contributed by atoms with E-state index in [0.717, 1.165) is 0 Å². The molecule has 0 rings (SSSR count). The fourth-order valence-corrected chi connectivity index (χ4v) is 5.47. The van der Waals surface area contributed by atoms with Crippen molar-refractivity contribution < 1.29 is 0 Å². The highest BCUT2D eigenvalue weighted by atomic mass is 35.5. The predicted molar refractivity (Wildman–Crippen MR) is 188 cm³/mol. The van der Waals surface area contributed by atoms with Crippen LogP contribution in [0.3, 0.4) is 0 Å². The van der Waals surface area contributed by atoms with Crippen molar-refractivity contribution in [1.29, 1.82) is 0 Å². The van der Waals surface area contributed by atoms with Crippen LogP contribution in [-0.4, -0.2) is 13.1 Å². The molecule has 0 aromatic heterocycles. The highest BCUT2D eigenvalue weighted by Gasteiger charge is 1.95. The third kappa shape index (κ3) is 39.9. The second kappa shape index (κ2) is 40.9. The van der Waals surface area contributed by atoms with Crippen molar-refractivity contribution in [2.45, 2.75) is 206 Å². The summed E-state index contributed by atoms with van der Waals surface area (Å²) in [5.41, 5.74) is 0. The lowest BCUT2D eigenvalue weighted by Gasteiger charge is -2.05. The van der Waals surface area contributed by atoms with E-state index in [2.05, 4.69) is 43.5 Å². The fourth-order valence-electron chi connectivity index (χ4n) is 5.47. The van der Waals surface area contributed by atoms with Gasteiger partial charge < -0.3 is 5.32 Å². The number of nitrogens with one attached hydrogen (secondary N) is 1. The van der Waals surface area contributed by atoms with Crippen LogP contribution in [0.2, 0.25) is 0 Å². The number of allylic oxidation sites excluding steroid dienone is 4. The Bertz CT molecular complexity index is 430. The lowest BCUT2D eigenvalue weighted by atomic mass is 10.1. The molecule has 0 aromatic rings. The van der Waals surface area contributed by atoms with Gasteiger partial charge in [-0.2, -0.15) is 0 Å². The van der Waals surface area contributed by atoms with Gasteiger partial charge in [0.1, 0.15) is 0 Å². The lowest BCUT2D eigenvalue weighted by molar-refractivity contribution is 0.534. The van der Waals surface area contributed by atoms with Gasteiger partial charge in [0.25, 0.3) is 0 Å². The van der Waals surface area contributed by atoms with Crippen molar-refractivity contribution in [3.8, 4) is 0 Å². The summed E-state index contributed by atoms with van der Waals surface area (Å²) >= 11 is 0. The average Bonchev–Trinajstić information content (AvgIpc) is 2.95. The van der Waals surface area contributed by atoms with Gasteiger partial charge in [0, 0.05) is 0 Å². The zero-order valence-corrected chi connectivity index (χ0v) is 28.7. The van der Waals surface area contributed by atoms with Gasteiger partial charge in [0.2, 0.25) is 0 Å². The molecule has 0 aliphatic carbocycles. The highest BCUT2D eigenvalue weighted by molar-refractivity contribution is 5.85. The van der Waals surface area contributed by atoms with E-state index >= 15 is 0 Å². The molecule has 2 heteroatoms. The Balaban J connectivity index is 0. The Kier molecular flexibility index (Phi) is 42.8. The third-order valence-electron chi connectivity index (χ3n) is 8.23. The molecule has 0 spiro atoms. The number of unbranched alkanes of at least 4 members (excludes halogenated alkanes) is 26. The van der Waals surface area contributed by atoms with Crippen molar-refractivity contribution in [3.05, 3.63) is 24.3 Å². The molecule has 240 valence electrons. The Morgan fingerprint density at radius 2 is 0.525 bits per heavy atom. The van der Waals surface area contributed by atoms with E-state index in [4.69, 9.17) is 0 Å². The number of hydrogen-bond donors (Lipinski definition) is 1. The first-order valence-corrected chi connectivity index (χ1v) is 18.4. The minimum atomic E-state index is 0. The average molecular weight is 582 g/mol. The quantitative estimate of drug-likeness (QED) is 0.0588. The van der Waals surface area contributed by atoms with E-state index in [1.54, 1.807) is 0 Å². The van der Waals surface area contributed by atoms with E-state index in [1.807, 2.05) is 0 Å². The molecule has 40 heavy (non-hydrogen) atoms. The minimum Gasteiger partial charge on any atom is -0.317 e. The molecule has 0 aromatic carbocycles. The van der Waals surface area contributed by atoms with Gasteiger partial charge in [-0.15, -0.1) is 12.4 Å². The van der Waals surface area contributed by atoms with Crippen molar-refractivity contribution in [2.24, 2.45) is 0 Å². The molecule has 0 unspecified atom stereocenters. The Labute approximate surface area is 261 Å². The van der Waals surface area contributed by atoms with E-state index in [9.17, 15) is 0 Å². The SMILES string of the molecule is CCCCCCCC/C=C\CCCCCCCCCNCCCCCCCCC/C=C\CCCCCCCC.Cl. The van der Waals surface area contributed by atoms with Crippen LogP contribution in [-0.2, 0) is 0 Å². The van der Waals surface area contributed by atoms with E-state index in [-0.39, 0.29) is 12.4 Å². The maximum Gasteiger partial charge on any atom is -0.00489 e. The van der Waals surface area contributed by atoms with Crippen LogP contribution < -0.4 is 5.32 Å². The van der Waals surface area contributed by atoms with Gasteiger partial charge in [-0.3, -0.25) is 0 Å². The van der Waals surface area contributed by atoms with Gasteiger partial charge >= 0.3 is 0 Å². The Morgan fingerprint density at radius 1 is 0.300 bits per heavy atom. The van der Waals surface area contributed by atoms with Gasteiger partial charge in [0.05, 0.1) is 0 Å². The second-order valence-corrected chi connectivity index (χ2v) is 12.3. The zero-order chi connectivity index (χ0) is 28.2. The zero-order valence-electron chi connectivity index (χ0n) is 27.8. The maximum absolute atomic E-state index is 3.67. The van der Waals surface area contributed by atoms with Crippen LogP contribution in [0.15, 0.2) is 24.3 Å². The number of halogens is 1. The van der Waals surface area contributed by atoms with E-state index in [1.165, 1.54) is 206 Å². The van der Waals surface area contributed by atoms with Crippen molar-refractivity contribution in [1.82, 2.24) is 5.32 Å². The first-order chi connectivity index (χ1) is 19.4. The predicted octanol–water partition coefficient (Wildman–Crippen LogP) is 13.9. The molecule has 0 fully saturated rings. The first kappa shape index (κ1) is 41.9. The summed E-state index contributed by atoms with van der Waals surface area (Å²) in [5, 5.41) is 3.67. The standard InChI is InChI=1S/C38H75N.ClH/c1-3-5-7-9-11-13-15-17-19-21-23-25-27-29-31-33-35-37-39-38-36-34-32-30-28-26-24-22-20-18-16-14-12-10-8-6-4-2;/h17-20,39H,3-16,21-38H2,1-2H3;1H/b19-17-,20-18-;. The van der Waals surface area contributed by atoms with Crippen molar-refractivity contribution >= 4 is 12.4 Å². The lowest BCUT2D eigenvalue weighted by Crippen LogP contribution is -2.16. The molecule has 0 aliphatic heterocycles. The summed E-state index contributed by atoms with van der Waals surface area (Å²) in [6.07, 6.45) is 51.8. The fraction of sp³-hybridized carbons (Fsp3) is 0.895.